The van der Waals surface area contributed by atoms with Gasteiger partial charge in [-0.25, -0.2) is 4.98 Å². The van der Waals surface area contributed by atoms with Crippen molar-refractivity contribution in [3.05, 3.63) is 24.3 Å². The normalized spacial score (nSPS) is 22.4. The first-order valence-corrected chi connectivity index (χ1v) is 6.62. The first kappa shape index (κ1) is 12.5. The van der Waals surface area contributed by atoms with Crippen LogP contribution < -0.4 is 0 Å². The fraction of sp³-hybridized carbons (Fsp3) is 0.615. The molecule has 6 nitrogen and oxygen atoms in total. The van der Waals surface area contributed by atoms with Crippen molar-refractivity contribution in [1.29, 1.82) is 0 Å². The number of carbonyl (C=O) groups excluding carboxylic acids is 1. The van der Waals surface area contributed by atoms with E-state index >= 15 is 0 Å². The van der Waals surface area contributed by atoms with E-state index in [1.54, 1.807) is 11.1 Å². The van der Waals surface area contributed by atoms with Crippen LogP contribution in [-0.4, -0.2) is 52.9 Å². The number of likely N-dealkylation sites (tertiary alicyclic amines) is 1. The van der Waals surface area contributed by atoms with Crippen LogP contribution in [0.3, 0.4) is 0 Å². The number of carbonyl (C=O) groups is 1. The second-order valence-electron chi connectivity index (χ2n) is 4.84. The van der Waals surface area contributed by atoms with Crippen molar-refractivity contribution in [3.8, 4) is 0 Å². The molecule has 102 valence electrons. The Balaban J connectivity index is 1.62. The minimum Gasteiger partial charge on any atom is -0.350 e. The Labute approximate surface area is 111 Å². The third kappa shape index (κ3) is 2.59. The molecule has 0 aliphatic carbocycles. The van der Waals surface area contributed by atoms with Crippen LogP contribution in [0.2, 0.25) is 0 Å². The van der Waals surface area contributed by atoms with Crippen LogP contribution in [0.5, 0.6) is 0 Å². The van der Waals surface area contributed by atoms with Gasteiger partial charge in [-0.15, -0.1) is 0 Å². The van der Waals surface area contributed by atoms with E-state index in [-0.39, 0.29) is 5.91 Å². The number of aromatic nitrogens is 2. The maximum Gasteiger partial charge on any atom is 0.274 e. The van der Waals surface area contributed by atoms with E-state index < -0.39 is 5.79 Å². The number of piperidine rings is 1. The molecule has 0 N–H and O–H groups in total. The zero-order valence-electron chi connectivity index (χ0n) is 10.7. The van der Waals surface area contributed by atoms with E-state index in [0.29, 0.717) is 18.8 Å². The van der Waals surface area contributed by atoms with Crippen molar-refractivity contribution in [2.75, 3.05) is 26.3 Å². The Hall–Kier alpha value is -1.53. The standard InChI is InChI=1S/C13H17N3O3/c17-12(11-10-14-4-5-15-11)16-6-2-13(3-7-16)18-8-1-9-19-13/h4-5,10H,1-3,6-9H2. The van der Waals surface area contributed by atoms with Gasteiger partial charge in [0, 0.05) is 38.3 Å². The number of ether oxygens (including phenoxy) is 2. The predicted octanol–water partition coefficient (Wildman–Crippen LogP) is 0.846. The Morgan fingerprint density at radius 3 is 2.58 bits per heavy atom. The van der Waals surface area contributed by atoms with Gasteiger partial charge in [0.15, 0.2) is 5.79 Å². The number of hydrogen-bond donors (Lipinski definition) is 0. The number of hydrogen-bond acceptors (Lipinski definition) is 5. The summed E-state index contributed by atoms with van der Waals surface area (Å²) >= 11 is 0. The van der Waals surface area contributed by atoms with Gasteiger partial charge in [-0.05, 0) is 6.42 Å². The lowest BCUT2D eigenvalue weighted by Gasteiger charge is -2.43. The van der Waals surface area contributed by atoms with Crippen LogP contribution in [0.4, 0.5) is 0 Å². The molecule has 0 radical (unpaired) electrons. The largest absolute Gasteiger partial charge is 0.350 e. The molecule has 1 spiro atoms. The SMILES string of the molecule is O=C(c1cnccn1)N1CCC2(CC1)OCCCO2. The molecular formula is C13H17N3O3. The Bertz CT molecular complexity index is 436. The molecule has 1 amide bonds. The van der Waals surface area contributed by atoms with Gasteiger partial charge in [-0.2, -0.15) is 0 Å². The van der Waals surface area contributed by atoms with Gasteiger partial charge in [-0.3, -0.25) is 9.78 Å². The van der Waals surface area contributed by atoms with Crippen LogP contribution in [0.1, 0.15) is 29.8 Å². The average molecular weight is 263 g/mol. The van der Waals surface area contributed by atoms with Gasteiger partial charge < -0.3 is 14.4 Å². The van der Waals surface area contributed by atoms with Crippen LogP contribution >= 0.6 is 0 Å². The molecule has 2 saturated heterocycles. The quantitative estimate of drug-likeness (QED) is 0.751. The van der Waals surface area contributed by atoms with Crippen molar-refractivity contribution >= 4 is 5.91 Å². The zero-order chi connectivity index (χ0) is 13.1. The lowest BCUT2D eigenvalue weighted by atomic mass is 10.0. The highest BCUT2D eigenvalue weighted by Crippen LogP contribution is 2.30. The number of nitrogens with zero attached hydrogens (tertiary/aromatic N) is 3. The molecule has 0 bridgehead atoms. The molecular weight excluding hydrogens is 246 g/mol. The van der Waals surface area contributed by atoms with Gasteiger partial charge in [0.05, 0.1) is 19.4 Å². The van der Waals surface area contributed by atoms with Crippen LogP contribution in [0, 0.1) is 0 Å². The molecule has 1 aromatic heterocycles. The summed E-state index contributed by atoms with van der Waals surface area (Å²) in [4.78, 5) is 22.0. The fourth-order valence-electron chi connectivity index (χ4n) is 2.53. The Morgan fingerprint density at radius 1 is 1.21 bits per heavy atom. The molecule has 2 aliphatic rings. The van der Waals surface area contributed by atoms with E-state index in [0.717, 1.165) is 32.5 Å². The van der Waals surface area contributed by atoms with Crippen molar-refractivity contribution in [3.63, 3.8) is 0 Å². The molecule has 6 heteroatoms. The highest BCUT2D eigenvalue weighted by molar-refractivity contribution is 5.92. The second-order valence-corrected chi connectivity index (χ2v) is 4.84. The summed E-state index contributed by atoms with van der Waals surface area (Å²) in [7, 11) is 0. The van der Waals surface area contributed by atoms with Gasteiger partial charge in [0.25, 0.3) is 5.91 Å². The lowest BCUT2D eigenvalue weighted by molar-refractivity contribution is -0.281. The van der Waals surface area contributed by atoms with E-state index in [9.17, 15) is 4.79 Å². The minimum absolute atomic E-state index is 0.0706. The third-order valence-corrected chi connectivity index (χ3v) is 3.61. The maximum atomic E-state index is 12.2. The van der Waals surface area contributed by atoms with Crippen molar-refractivity contribution < 1.29 is 14.3 Å². The number of amides is 1. The fourth-order valence-corrected chi connectivity index (χ4v) is 2.53. The van der Waals surface area contributed by atoms with Gasteiger partial charge in [0.2, 0.25) is 0 Å². The van der Waals surface area contributed by atoms with Gasteiger partial charge in [0.1, 0.15) is 5.69 Å². The highest BCUT2D eigenvalue weighted by Gasteiger charge is 2.39. The summed E-state index contributed by atoms with van der Waals surface area (Å²) in [5.41, 5.74) is 0.393. The first-order valence-electron chi connectivity index (χ1n) is 6.62. The third-order valence-electron chi connectivity index (χ3n) is 3.61. The maximum absolute atomic E-state index is 12.2. The molecule has 0 unspecified atom stereocenters. The van der Waals surface area contributed by atoms with Crippen LogP contribution in [0.15, 0.2) is 18.6 Å². The van der Waals surface area contributed by atoms with Crippen molar-refractivity contribution in [2.45, 2.75) is 25.0 Å². The first-order chi connectivity index (χ1) is 9.29. The molecule has 1 aromatic rings. The van der Waals surface area contributed by atoms with E-state index in [4.69, 9.17) is 9.47 Å². The summed E-state index contributed by atoms with van der Waals surface area (Å²) in [6, 6.07) is 0. The molecule has 0 saturated carbocycles. The summed E-state index contributed by atoms with van der Waals surface area (Å²) < 4.78 is 11.5. The monoisotopic (exact) mass is 263 g/mol. The molecule has 3 heterocycles. The second kappa shape index (κ2) is 5.22. The highest BCUT2D eigenvalue weighted by atomic mass is 16.7. The van der Waals surface area contributed by atoms with Gasteiger partial charge in [-0.1, -0.05) is 0 Å². The topological polar surface area (TPSA) is 64.6 Å². The molecule has 19 heavy (non-hydrogen) atoms. The lowest BCUT2D eigenvalue weighted by Crippen LogP contribution is -2.51. The minimum atomic E-state index is -0.461. The summed E-state index contributed by atoms with van der Waals surface area (Å²) in [5.74, 6) is -0.532. The molecule has 2 fully saturated rings. The van der Waals surface area contributed by atoms with Crippen LogP contribution in [0.25, 0.3) is 0 Å². The smallest absolute Gasteiger partial charge is 0.274 e. The van der Waals surface area contributed by atoms with Crippen molar-refractivity contribution in [1.82, 2.24) is 14.9 Å². The Morgan fingerprint density at radius 2 is 1.95 bits per heavy atom. The predicted molar refractivity (Wildman–Crippen MR) is 66.4 cm³/mol. The summed E-state index contributed by atoms with van der Waals surface area (Å²) in [6.07, 6.45) is 6.99. The van der Waals surface area contributed by atoms with Crippen LogP contribution in [-0.2, 0) is 9.47 Å². The summed E-state index contributed by atoms with van der Waals surface area (Å²) in [6.45, 7) is 2.76. The molecule has 2 aliphatic heterocycles. The summed E-state index contributed by atoms with van der Waals surface area (Å²) in [5, 5.41) is 0. The Kier molecular flexibility index (Phi) is 3.44. The zero-order valence-corrected chi connectivity index (χ0v) is 10.7. The van der Waals surface area contributed by atoms with E-state index in [1.807, 2.05) is 0 Å². The van der Waals surface area contributed by atoms with Crippen molar-refractivity contribution in [2.24, 2.45) is 0 Å². The molecule has 0 atom stereocenters. The average Bonchev–Trinajstić information content (AvgIpc) is 2.49. The number of rotatable bonds is 1. The molecule has 0 aromatic carbocycles. The van der Waals surface area contributed by atoms with E-state index in [2.05, 4.69) is 9.97 Å². The molecule has 3 rings (SSSR count). The van der Waals surface area contributed by atoms with Gasteiger partial charge >= 0.3 is 0 Å². The van der Waals surface area contributed by atoms with E-state index in [1.165, 1.54) is 12.4 Å².